The van der Waals surface area contributed by atoms with Crippen LogP contribution in [0.1, 0.15) is 17.0 Å². The summed E-state index contributed by atoms with van der Waals surface area (Å²) < 4.78 is 0. The first-order valence-electron chi connectivity index (χ1n) is 4.51. The fraction of sp³-hybridized carbons (Fsp3) is 0.273. The molecule has 0 aliphatic heterocycles. The molecule has 1 aromatic rings. The van der Waals surface area contributed by atoms with Crippen molar-refractivity contribution in [3.63, 3.8) is 0 Å². The first kappa shape index (κ1) is 11.7. The predicted octanol–water partition coefficient (Wildman–Crippen LogP) is 1.37. The number of benzene rings is 1. The Balaban J connectivity index is 3.04. The van der Waals surface area contributed by atoms with Crippen LogP contribution in [0.3, 0.4) is 0 Å². The normalized spacial score (nSPS) is 14.3. The number of aldehydes is 1. The average molecular weight is 226 g/mol. The van der Waals surface area contributed by atoms with Gasteiger partial charge in [0.1, 0.15) is 11.7 Å². The van der Waals surface area contributed by atoms with Crippen molar-refractivity contribution in [3.05, 3.63) is 35.4 Å². The summed E-state index contributed by atoms with van der Waals surface area (Å²) in [5.41, 5.74) is 6.94. The van der Waals surface area contributed by atoms with Crippen molar-refractivity contribution in [2.45, 2.75) is 18.2 Å². The fourth-order valence-electron chi connectivity index (χ4n) is 1.36. The Morgan fingerprint density at radius 2 is 1.93 bits per heavy atom. The number of aryl methyl sites for hydroxylation is 1. The first-order valence-corrected chi connectivity index (χ1v) is 4.95. The van der Waals surface area contributed by atoms with Gasteiger partial charge in [0.05, 0.1) is 5.92 Å². The highest BCUT2D eigenvalue weighted by Gasteiger charge is 2.25. The summed E-state index contributed by atoms with van der Waals surface area (Å²) in [7, 11) is 0. The summed E-state index contributed by atoms with van der Waals surface area (Å²) in [5, 5.41) is -0.912. The Morgan fingerprint density at radius 1 is 1.40 bits per heavy atom. The average Bonchev–Trinajstić information content (AvgIpc) is 2.20. The molecule has 2 unspecified atom stereocenters. The van der Waals surface area contributed by atoms with Gasteiger partial charge in [0.25, 0.3) is 0 Å². The molecule has 2 N–H and O–H groups in total. The number of hydrogen-bond donors (Lipinski definition) is 1. The minimum absolute atomic E-state index is 0.525. The molecule has 0 fully saturated rings. The summed E-state index contributed by atoms with van der Waals surface area (Å²) >= 11 is 5.73. The number of alkyl halides is 1. The van der Waals surface area contributed by atoms with Crippen LogP contribution in [0.5, 0.6) is 0 Å². The molecule has 1 rings (SSSR count). The molecule has 1 aromatic carbocycles. The number of amides is 1. The highest BCUT2D eigenvalue weighted by atomic mass is 35.5. The molecule has 0 radical (unpaired) electrons. The van der Waals surface area contributed by atoms with E-state index in [0.29, 0.717) is 11.8 Å². The minimum Gasteiger partial charge on any atom is -0.369 e. The maximum absolute atomic E-state index is 11.2. The molecule has 0 saturated heterocycles. The molecule has 80 valence electrons. The third kappa shape index (κ3) is 2.80. The SMILES string of the molecule is Cc1ccc(C(C(N)=O)C(Cl)C=O)cc1. The van der Waals surface area contributed by atoms with Crippen LogP contribution in [0.2, 0.25) is 0 Å². The second-order valence-electron chi connectivity index (χ2n) is 3.37. The number of rotatable bonds is 4. The smallest absolute Gasteiger partial charge is 0.226 e. The molecule has 0 bridgehead atoms. The zero-order chi connectivity index (χ0) is 11.4. The van der Waals surface area contributed by atoms with Gasteiger partial charge in [-0.3, -0.25) is 4.79 Å². The van der Waals surface area contributed by atoms with Gasteiger partial charge in [-0.2, -0.15) is 0 Å². The van der Waals surface area contributed by atoms with Gasteiger partial charge in [0, 0.05) is 0 Å². The molecule has 0 aliphatic carbocycles. The molecular formula is C11H12ClNO2. The van der Waals surface area contributed by atoms with E-state index < -0.39 is 17.2 Å². The van der Waals surface area contributed by atoms with Gasteiger partial charge >= 0.3 is 0 Å². The lowest BCUT2D eigenvalue weighted by Crippen LogP contribution is -2.29. The Morgan fingerprint density at radius 3 is 2.33 bits per heavy atom. The topological polar surface area (TPSA) is 60.2 Å². The van der Waals surface area contributed by atoms with E-state index in [1.54, 1.807) is 12.1 Å². The molecule has 4 heteroatoms. The zero-order valence-corrected chi connectivity index (χ0v) is 9.07. The quantitative estimate of drug-likeness (QED) is 0.622. The number of halogens is 1. The van der Waals surface area contributed by atoms with Gasteiger partial charge in [-0.05, 0) is 12.5 Å². The monoisotopic (exact) mass is 225 g/mol. The number of primary amides is 1. The predicted molar refractivity (Wildman–Crippen MR) is 58.8 cm³/mol. The maximum atomic E-state index is 11.2. The lowest BCUT2D eigenvalue weighted by molar-refractivity contribution is -0.121. The summed E-state index contributed by atoms with van der Waals surface area (Å²) in [6.07, 6.45) is 0.525. The lowest BCUT2D eigenvalue weighted by atomic mass is 9.94. The molecule has 3 nitrogen and oxygen atoms in total. The van der Waals surface area contributed by atoms with Crippen molar-refractivity contribution in [1.29, 1.82) is 0 Å². The van der Waals surface area contributed by atoms with Gasteiger partial charge in [0.15, 0.2) is 0 Å². The molecule has 0 aliphatic rings. The van der Waals surface area contributed by atoms with E-state index in [1.807, 2.05) is 19.1 Å². The van der Waals surface area contributed by atoms with Crippen LogP contribution in [-0.2, 0) is 9.59 Å². The van der Waals surface area contributed by atoms with Crippen LogP contribution in [-0.4, -0.2) is 17.6 Å². The molecule has 0 heterocycles. The van der Waals surface area contributed by atoms with E-state index in [-0.39, 0.29) is 0 Å². The van der Waals surface area contributed by atoms with E-state index in [1.165, 1.54) is 0 Å². The highest BCUT2D eigenvalue weighted by molar-refractivity contribution is 6.29. The van der Waals surface area contributed by atoms with Crippen molar-refractivity contribution in [3.8, 4) is 0 Å². The Bertz CT molecular complexity index is 361. The van der Waals surface area contributed by atoms with Crippen LogP contribution in [0.15, 0.2) is 24.3 Å². The van der Waals surface area contributed by atoms with Gasteiger partial charge in [-0.1, -0.05) is 29.8 Å². The third-order valence-electron chi connectivity index (χ3n) is 2.19. The molecule has 1 amide bonds. The molecule has 15 heavy (non-hydrogen) atoms. The summed E-state index contributed by atoms with van der Waals surface area (Å²) in [4.78, 5) is 21.7. The van der Waals surface area contributed by atoms with E-state index in [0.717, 1.165) is 5.56 Å². The largest absolute Gasteiger partial charge is 0.369 e. The van der Waals surface area contributed by atoms with Crippen molar-refractivity contribution in [2.24, 2.45) is 5.73 Å². The van der Waals surface area contributed by atoms with Crippen LogP contribution in [0.25, 0.3) is 0 Å². The number of carbonyl (C=O) groups excluding carboxylic acids is 2. The molecular weight excluding hydrogens is 214 g/mol. The van der Waals surface area contributed by atoms with Crippen LogP contribution in [0, 0.1) is 6.92 Å². The van der Waals surface area contributed by atoms with Crippen LogP contribution in [0.4, 0.5) is 0 Å². The van der Waals surface area contributed by atoms with Crippen molar-refractivity contribution in [1.82, 2.24) is 0 Å². The lowest BCUT2D eigenvalue weighted by Gasteiger charge is -2.15. The van der Waals surface area contributed by atoms with Gasteiger partial charge < -0.3 is 10.5 Å². The summed E-state index contributed by atoms with van der Waals surface area (Å²) in [5.74, 6) is -1.35. The number of carbonyl (C=O) groups is 2. The molecule has 2 atom stereocenters. The van der Waals surface area contributed by atoms with Gasteiger partial charge in [-0.15, -0.1) is 11.6 Å². The number of hydrogen-bond acceptors (Lipinski definition) is 2. The van der Waals surface area contributed by atoms with Crippen molar-refractivity contribution < 1.29 is 9.59 Å². The zero-order valence-electron chi connectivity index (χ0n) is 8.31. The highest BCUT2D eigenvalue weighted by Crippen LogP contribution is 2.22. The standard InChI is InChI=1S/C11H12ClNO2/c1-7-2-4-8(5-3-7)10(11(13)15)9(12)6-14/h2-6,9-10H,1H3,(H2,13,15). The van der Waals surface area contributed by atoms with Gasteiger partial charge in [-0.25, -0.2) is 0 Å². The first-order chi connectivity index (χ1) is 7.06. The van der Waals surface area contributed by atoms with Gasteiger partial charge in [0.2, 0.25) is 5.91 Å². The third-order valence-corrected chi connectivity index (χ3v) is 2.55. The Labute approximate surface area is 93.2 Å². The molecule has 0 saturated carbocycles. The maximum Gasteiger partial charge on any atom is 0.226 e. The fourth-order valence-corrected chi connectivity index (χ4v) is 1.63. The summed E-state index contributed by atoms with van der Waals surface area (Å²) in [6.45, 7) is 1.93. The molecule has 0 aromatic heterocycles. The summed E-state index contributed by atoms with van der Waals surface area (Å²) in [6, 6.07) is 7.20. The van der Waals surface area contributed by atoms with E-state index in [2.05, 4.69) is 0 Å². The number of nitrogens with two attached hydrogens (primary N) is 1. The second kappa shape index (κ2) is 4.94. The minimum atomic E-state index is -0.912. The Kier molecular flexibility index (Phi) is 3.86. The van der Waals surface area contributed by atoms with E-state index in [4.69, 9.17) is 17.3 Å². The van der Waals surface area contributed by atoms with E-state index >= 15 is 0 Å². The van der Waals surface area contributed by atoms with Crippen molar-refractivity contribution in [2.75, 3.05) is 0 Å². The van der Waals surface area contributed by atoms with Crippen LogP contribution < -0.4 is 5.73 Å². The second-order valence-corrected chi connectivity index (χ2v) is 3.88. The van der Waals surface area contributed by atoms with Crippen LogP contribution >= 0.6 is 11.6 Å². The Hall–Kier alpha value is -1.35. The molecule has 0 spiro atoms. The van der Waals surface area contributed by atoms with E-state index in [9.17, 15) is 9.59 Å². The van der Waals surface area contributed by atoms with Crippen molar-refractivity contribution >= 4 is 23.8 Å².